The van der Waals surface area contributed by atoms with Crippen molar-refractivity contribution in [3.63, 3.8) is 0 Å². The molecule has 0 atom stereocenters. The maximum absolute atomic E-state index is 10.8. The Morgan fingerprint density at radius 3 is 3.27 bits per heavy atom. The Kier molecular flexibility index (Phi) is 1.21. The van der Waals surface area contributed by atoms with Crippen LogP contribution in [0.2, 0.25) is 0 Å². The van der Waals surface area contributed by atoms with Crippen LogP contribution in [0.4, 0.5) is 0 Å². The molecule has 0 unspecified atom stereocenters. The molecule has 2 heterocycles. The van der Waals surface area contributed by atoms with Crippen LogP contribution in [0.5, 0.6) is 5.88 Å². The maximum atomic E-state index is 10.8. The fraction of sp³-hybridized carbons (Fsp3) is 0.429. The highest BCUT2D eigenvalue weighted by molar-refractivity contribution is 5.92. The summed E-state index contributed by atoms with van der Waals surface area (Å²) in [7, 11) is 0. The number of aromatic nitrogens is 2. The lowest BCUT2D eigenvalue weighted by Gasteiger charge is -1.87. The standard InChI is InChI=1S/C7H8N2O2/c1-5(10)6-4-7-9(8-6)2-3-11-7/h4H,2-3H2,1H3. The number of ether oxygens (including phenoxy) is 1. The fourth-order valence-corrected chi connectivity index (χ4v) is 1.08. The predicted molar refractivity (Wildman–Crippen MR) is 37.7 cm³/mol. The van der Waals surface area contributed by atoms with Crippen molar-refractivity contribution in [3.8, 4) is 5.88 Å². The molecule has 2 rings (SSSR count). The van der Waals surface area contributed by atoms with E-state index in [-0.39, 0.29) is 5.78 Å². The van der Waals surface area contributed by atoms with E-state index in [1.807, 2.05) is 0 Å². The van der Waals surface area contributed by atoms with E-state index in [0.717, 1.165) is 6.54 Å². The second-order valence-corrected chi connectivity index (χ2v) is 2.50. The van der Waals surface area contributed by atoms with Crippen LogP contribution in [0.25, 0.3) is 0 Å². The van der Waals surface area contributed by atoms with Crippen molar-refractivity contribution in [1.82, 2.24) is 9.78 Å². The number of carbonyl (C=O) groups is 1. The molecule has 1 aromatic rings. The van der Waals surface area contributed by atoms with Crippen molar-refractivity contribution in [3.05, 3.63) is 11.8 Å². The Hall–Kier alpha value is -1.32. The minimum absolute atomic E-state index is 0.0181. The number of fused-ring (bicyclic) bond motifs is 1. The highest BCUT2D eigenvalue weighted by Crippen LogP contribution is 2.18. The van der Waals surface area contributed by atoms with E-state index in [1.165, 1.54) is 6.92 Å². The second-order valence-electron chi connectivity index (χ2n) is 2.50. The molecule has 0 spiro atoms. The van der Waals surface area contributed by atoms with Crippen LogP contribution in [0, 0.1) is 0 Å². The highest BCUT2D eigenvalue weighted by atomic mass is 16.5. The number of nitrogens with zero attached hydrogens (tertiary/aromatic N) is 2. The first-order valence-electron chi connectivity index (χ1n) is 3.49. The summed E-state index contributed by atoms with van der Waals surface area (Å²) in [4.78, 5) is 10.8. The quantitative estimate of drug-likeness (QED) is 0.550. The van der Waals surface area contributed by atoms with Crippen LogP contribution in [0.15, 0.2) is 6.07 Å². The summed E-state index contributed by atoms with van der Waals surface area (Å²) in [5.74, 6) is 0.686. The number of Topliss-reactive ketones (excluding diaryl/α,β-unsaturated/α-hetero) is 1. The van der Waals surface area contributed by atoms with E-state index in [9.17, 15) is 4.79 Å². The van der Waals surface area contributed by atoms with Gasteiger partial charge in [-0.05, 0) is 0 Å². The first kappa shape index (κ1) is 6.39. The van der Waals surface area contributed by atoms with Crippen molar-refractivity contribution < 1.29 is 9.53 Å². The van der Waals surface area contributed by atoms with Gasteiger partial charge >= 0.3 is 0 Å². The molecule has 1 aromatic heterocycles. The Balaban J connectivity index is 2.42. The van der Waals surface area contributed by atoms with Gasteiger partial charge in [-0.15, -0.1) is 0 Å². The van der Waals surface area contributed by atoms with Crippen molar-refractivity contribution >= 4 is 5.78 Å². The minimum atomic E-state index is -0.0181. The first-order chi connectivity index (χ1) is 5.27. The Bertz CT molecular complexity index is 282. The lowest BCUT2D eigenvalue weighted by molar-refractivity contribution is 0.101. The summed E-state index contributed by atoms with van der Waals surface area (Å²) < 4.78 is 6.88. The highest BCUT2D eigenvalue weighted by Gasteiger charge is 2.16. The molecule has 58 valence electrons. The van der Waals surface area contributed by atoms with E-state index >= 15 is 0 Å². The van der Waals surface area contributed by atoms with Gasteiger partial charge in [0.05, 0.1) is 6.54 Å². The molecule has 0 amide bonds. The van der Waals surface area contributed by atoms with Gasteiger partial charge in [0, 0.05) is 13.0 Å². The van der Waals surface area contributed by atoms with Crippen LogP contribution in [0.3, 0.4) is 0 Å². The molecule has 0 bridgehead atoms. The zero-order chi connectivity index (χ0) is 7.84. The molecule has 4 nitrogen and oxygen atoms in total. The number of carbonyl (C=O) groups excluding carboxylic acids is 1. The lowest BCUT2D eigenvalue weighted by Crippen LogP contribution is -2.00. The Morgan fingerprint density at radius 1 is 1.82 bits per heavy atom. The molecular formula is C7H8N2O2. The summed E-state index contributed by atoms with van der Waals surface area (Å²) in [5, 5.41) is 4.03. The molecular weight excluding hydrogens is 144 g/mol. The van der Waals surface area contributed by atoms with Gasteiger partial charge < -0.3 is 4.74 Å². The third kappa shape index (κ3) is 0.906. The SMILES string of the molecule is CC(=O)c1cc2n(n1)CCO2. The number of rotatable bonds is 1. The van der Waals surface area contributed by atoms with Gasteiger partial charge in [-0.1, -0.05) is 0 Å². The molecule has 1 aliphatic heterocycles. The molecule has 0 fully saturated rings. The molecule has 0 radical (unpaired) electrons. The summed E-state index contributed by atoms with van der Waals surface area (Å²) in [6, 6.07) is 1.68. The molecule has 0 aliphatic carbocycles. The topological polar surface area (TPSA) is 44.1 Å². The maximum Gasteiger partial charge on any atom is 0.212 e. The van der Waals surface area contributed by atoms with Gasteiger partial charge in [0.2, 0.25) is 5.88 Å². The predicted octanol–water partition coefficient (Wildman–Crippen LogP) is 0.478. The van der Waals surface area contributed by atoms with E-state index in [2.05, 4.69) is 5.10 Å². The number of hydrogen-bond donors (Lipinski definition) is 0. The van der Waals surface area contributed by atoms with Crippen molar-refractivity contribution in [2.45, 2.75) is 13.5 Å². The molecule has 0 aromatic carbocycles. The van der Waals surface area contributed by atoms with Gasteiger partial charge in [0.25, 0.3) is 0 Å². The van der Waals surface area contributed by atoms with Crippen molar-refractivity contribution in [2.24, 2.45) is 0 Å². The second kappa shape index (κ2) is 2.08. The van der Waals surface area contributed by atoms with Gasteiger partial charge in [-0.25, -0.2) is 4.68 Å². The lowest BCUT2D eigenvalue weighted by atomic mass is 10.3. The van der Waals surface area contributed by atoms with Gasteiger partial charge in [-0.2, -0.15) is 5.10 Å². The monoisotopic (exact) mass is 152 g/mol. The van der Waals surface area contributed by atoms with Crippen LogP contribution < -0.4 is 4.74 Å². The molecule has 4 heteroatoms. The number of hydrogen-bond acceptors (Lipinski definition) is 3. The molecule has 0 N–H and O–H groups in total. The normalized spacial score (nSPS) is 14.3. The fourth-order valence-electron chi connectivity index (χ4n) is 1.08. The van der Waals surface area contributed by atoms with Crippen LogP contribution in [-0.2, 0) is 6.54 Å². The summed E-state index contributed by atoms with van der Waals surface area (Å²) in [6.07, 6.45) is 0. The Morgan fingerprint density at radius 2 is 2.64 bits per heavy atom. The average Bonchev–Trinajstić information content (AvgIpc) is 2.40. The largest absolute Gasteiger partial charge is 0.476 e. The third-order valence-corrected chi connectivity index (χ3v) is 1.66. The van der Waals surface area contributed by atoms with Gasteiger partial charge in [-0.3, -0.25) is 4.79 Å². The summed E-state index contributed by atoms with van der Waals surface area (Å²) in [6.45, 7) is 2.92. The van der Waals surface area contributed by atoms with E-state index in [0.29, 0.717) is 18.2 Å². The van der Waals surface area contributed by atoms with Crippen LogP contribution in [-0.4, -0.2) is 22.2 Å². The van der Waals surface area contributed by atoms with Crippen LogP contribution in [0.1, 0.15) is 17.4 Å². The first-order valence-corrected chi connectivity index (χ1v) is 3.49. The van der Waals surface area contributed by atoms with E-state index in [1.54, 1.807) is 10.7 Å². The molecule has 1 aliphatic rings. The zero-order valence-electron chi connectivity index (χ0n) is 6.20. The van der Waals surface area contributed by atoms with E-state index in [4.69, 9.17) is 4.74 Å². The smallest absolute Gasteiger partial charge is 0.212 e. The third-order valence-electron chi connectivity index (χ3n) is 1.66. The zero-order valence-corrected chi connectivity index (χ0v) is 6.20. The molecule has 11 heavy (non-hydrogen) atoms. The Labute approximate surface area is 63.8 Å². The summed E-state index contributed by atoms with van der Waals surface area (Å²) in [5.41, 5.74) is 0.486. The molecule has 0 saturated heterocycles. The van der Waals surface area contributed by atoms with Crippen molar-refractivity contribution in [1.29, 1.82) is 0 Å². The molecule has 0 saturated carbocycles. The van der Waals surface area contributed by atoms with E-state index < -0.39 is 0 Å². The van der Waals surface area contributed by atoms with Crippen LogP contribution >= 0.6 is 0 Å². The summed E-state index contributed by atoms with van der Waals surface area (Å²) >= 11 is 0. The van der Waals surface area contributed by atoms with Gasteiger partial charge in [0.1, 0.15) is 12.3 Å². The average molecular weight is 152 g/mol. The number of ketones is 1. The minimum Gasteiger partial charge on any atom is -0.476 e. The van der Waals surface area contributed by atoms with Crippen molar-refractivity contribution in [2.75, 3.05) is 6.61 Å². The van der Waals surface area contributed by atoms with Gasteiger partial charge in [0.15, 0.2) is 5.78 Å².